The Hall–Kier alpha value is -6.39. The summed E-state index contributed by atoms with van der Waals surface area (Å²) in [7, 11) is 0. The fourth-order valence-electron chi connectivity index (χ4n) is 6.49. The number of anilines is 6. The largest absolute Gasteiger partial charge is 0.508 e. The Bertz CT molecular complexity index is 1930. The molecule has 0 saturated heterocycles. The van der Waals surface area contributed by atoms with E-state index in [0.717, 1.165) is 50.8 Å². The van der Waals surface area contributed by atoms with Gasteiger partial charge in [-0.3, -0.25) is 4.79 Å². The Morgan fingerprint density at radius 1 is 0.449 bits per heavy atom. The minimum atomic E-state index is -0.258. The van der Waals surface area contributed by atoms with Crippen molar-refractivity contribution in [3.63, 3.8) is 0 Å². The van der Waals surface area contributed by atoms with Gasteiger partial charge in [0.1, 0.15) is 5.75 Å². The number of phenols is 1. The molecule has 7 aromatic rings. The molecule has 7 rings (SSSR count). The predicted octanol–water partition coefficient (Wildman–Crippen LogP) is 11.7. The lowest BCUT2D eigenvalue weighted by Crippen LogP contribution is -2.12. The Morgan fingerprint density at radius 2 is 0.776 bits per heavy atom. The summed E-state index contributed by atoms with van der Waals surface area (Å²) in [5.74, 6) is -0.282. The second-order valence-electron chi connectivity index (χ2n) is 12.0. The molecular formula is C45H36N2O2. The topological polar surface area (TPSA) is 43.8 Å². The lowest BCUT2D eigenvalue weighted by Gasteiger charge is -2.28. The first kappa shape index (κ1) is 31.2. The average molecular weight is 637 g/mol. The zero-order valence-electron chi connectivity index (χ0n) is 27.2. The van der Waals surface area contributed by atoms with E-state index in [1.807, 2.05) is 78.9 Å². The number of phenolic OH excluding ortho intramolecular Hbond substituents is 1. The van der Waals surface area contributed by atoms with E-state index in [4.69, 9.17) is 0 Å². The van der Waals surface area contributed by atoms with Crippen molar-refractivity contribution in [1.29, 1.82) is 0 Å². The van der Waals surface area contributed by atoms with E-state index in [2.05, 4.69) is 107 Å². The molecule has 7 aromatic carbocycles. The highest BCUT2D eigenvalue weighted by Crippen LogP contribution is 2.41. The van der Waals surface area contributed by atoms with Gasteiger partial charge in [-0.2, -0.15) is 0 Å². The monoisotopic (exact) mass is 636 g/mol. The van der Waals surface area contributed by atoms with E-state index in [1.165, 1.54) is 0 Å². The molecule has 0 radical (unpaired) electrons. The van der Waals surface area contributed by atoms with Gasteiger partial charge in [0.2, 0.25) is 0 Å². The first-order valence-corrected chi connectivity index (χ1v) is 16.4. The maximum Gasteiger partial charge on any atom is 0.160 e. The van der Waals surface area contributed by atoms with Crippen LogP contribution in [0.25, 0.3) is 0 Å². The third-order valence-corrected chi connectivity index (χ3v) is 8.75. The molecule has 1 N–H and O–H groups in total. The summed E-state index contributed by atoms with van der Waals surface area (Å²) in [6, 6.07) is 63.5. The molecule has 4 heteroatoms. The lowest BCUT2D eigenvalue weighted by molar-refractivity contribution is 0.101. The zero-order valence-corrected chi connectivity index (χ0v) is 27.2. The van der Waals surface area contributed by atoms with Crippen LogP contribution < -0.4 is 9.80 Å². The van der Waals surface area contributed by atoms with Gasteiger partial charge in [0, 0.05) is 45.6 Å². The zero-order chi connectivity index (χ0) is 33.6. The van der Waals surface area contributed by atoms with Crippen LogP contribution in [0, 0.1) is 0 Å². The molecule has 0 aliphatic rings. The lowest BCUT2D eigenvalue weighted by atomic mass is 9.82. The molecule has 0 unspecified atom stereocenters. The van der Waals surface area contributed by atoms with Gasteiger partial charge in [0.15, 0.2) is 5.78 Å². The van der Waals surface area contributed by atoms with E-state index < -0.39 is 0 Å². The number of Topliss-reactive ketones (excluding diaryl/α,β-unsaturated/α-hetero) is 1. The molecule has 0 bridgehead atoms. The molecule has 0 atom stereocenters. The van der Waals surface area contributed by atoms with E-state index in [1.54, 1.807) is 19.1 Å². The molecule has 0 spiro atoms. The number of para-hydroxylation sites is 4. The summed E-state index contributed by atoms with van der Waals surface area (Å²) in [5, 5.41) is 10.4. The maximum atomic E-state index is 13.0. The van der Waals surface area contributed by atoms with Gasteiger partial charge in [-0.15, -0.1) is 0 Å². The van der Waals surface area contributed by atoms with Crippen LogP contribution in [0.5, 0.6) is 5.75 Å². The average Bonchev–Trinajstić information content (AvgIpc) is 3.15. The van der Waals surface area contributed by atoms with Crippen molar-refractivity contribution >= 4 is 39.9 Å². The van der Waals surface area contributed by atoms with Crippen LogP contribution in [0.1, 0.15) is 39.9 Å². The number of hydrogen-bond acceptors (Lipinski definition) is 4. The van der Waals surface area contributed by atoms with Crippen molar-refractivity contribution < 1.29 is 9.90 Å². The van der Waals surface area contributed by atoms with Crippen LogP contribution in [0.4, 0.5) is 34.1 Å². The number of carbonyl (C=O) groups excluding carboxylic acids is 1. The molecule has 0 aromatic heterocycles. The number of aromatic hydroxyl groups is 1. The molecule has 0 aliphatic carbocycles. The SMILES string of the molecule is CC(=O)c1cc(O)ccc1C(c1ccc(N(c2ccccc2)c2ccccc2)cc1)c1ccc(N(c2ccccc2)c2ccccc2)cc1. The second-order valence-corrected chi connectivity index (χ2v) is 12.0. The van der Waals surface area contributed by atoms with E-state index >= 15 is 0 Å². The fourth-order valence-corrected chi connectivity index (χ4v) is 6.49. The summed E-state index contributed by atoms with van der Waals surface area (Å²) in [4.78, 5) is 17.4. The van der Waals surface area contributed by atoms with Crippen molar-refractivity contribution in [1.82, 2.24) is 0 Å². The molecule has 0 fully saturated rings. The Balaban J connectivity index is 1.33. The minimum absolute atomic E-state index is 0.0705. The Morgan fingerprint density at radius 3 is 1.10 bits per heavy atom. The van der Waals surface area contributed by atoms with Gasteiger partial charge in [0.25, 0.3) is 0 Å². The van der Waals surface area contributed by atoms with Crippen molar-refractivity contribution in [2.75, 3.05) is 9.80 Å². The summed E-state index contributed by atoms with van der Waals surface area (Å²) in [5.41, 5.74) is 9.71. The Kier molecular flexibility index (Phi) is 9.02. The molecule has 0 aliphatic heterocycles. The molecule has 0 saturated carbocycles. The number of ketones is 1. The van der Waals surface area contributed by atoms with Gasteiger partial charge in [-0.05, 0) is 109 Å². The standard InChI is InChI=1S/C45H36N2O2/c1-33(48)44-32-42(49)30-31-43(44)45(34-22-26-40(27-23-34)46(36-14-6-2-7-15-36)37-16-8-3-9-17-37)35-24-28-41(29-25-35)47(38-18-10-4-11-19-38)39-20-12-5-13-21-39/h2-32,45,49H,1H3. The quantitative estimate of drug-likeness (QED) is 0.120. The summed E-state index contributed by atoms with van der Waals surface area (Å²) >= 11 is 0. The molecule has 4 nitrogen and oxygen atoms in total. The first-order valence-electron chi connectivity index (χ1n) is 16.4. The molecule has 238 valence electrons. The van der Waals surface area contributed by atoms with E-state index in [-0.39, 0.29) is 17.5 Å². The molecular weight excluding hydrogens is 601 g/mol. The highest BCUT2D eigenvalue weighted by Gasteiger charge is 2.24. The maximum absolute atomic E-state index is 13.0. The smallest absolute Gasteiger partial charge is 0.160 e. The number of nitrogens with zero attached hydrogens (tertiary/aromatic N) is 2. The number of rotatable bonds is 10. The van der Waals surface area contributed by atoms with Crippen molar-refractivity contribution in [3.05, 3.63) is 210 Å². The second kappa shape index (κ2) is 14.2. The van der Waals surface area contributed by atoms with Crippen LogP contribution in [-0.2, 0) is 0 Å². The Labute approximate surface area is 287 Å². The molecule has 0 amide bonds. The summed E-state index contributed by atoms with van der Waals surface area (Å²) in [6.45, 7) is 1.55. The van der Waals surface area contributed by atoms with Crippen LogP contribution >= 0.6 is 0 Å². The third-order valence-electron chi connectivity index (χ3n) is 8.75. The molecule has 0 heterocycles. The van der Waals surface area contributed by atoms with Crippen LogP contribution in [0.15, 0.2) is 188 Å². The highest BCUT2D eigenvalue weighted by atomic mass is 16.3. The minimum Gasteiger partial charge on any atom is -0.508 e. The van der Waals surface area contributed by atoms with Gasteiger partial charge in [0.05, 0.1) is 0 Å². The third kappa shape index (κ3) is 6.71. The van der Waals surface area contributed by atoms with Crippen molar-refractivity contribution in [2.24, 2.45) is 0 Å². The van der Waals surface area contributed by atoms with Crippen LogP contribution in [0.3, 0.4) is 0 Å². The normalized spacial score (nSPS) is 10.9. The summed E-state index contributed by atoms with van der Waals surface area (Å²) < 4.78 is 0. The fraction of sp³-hybridized carbons (Fsp3) is 0.0444. The highest BCUT2D eigenvalue weighted by molar-refractivity contribution is 5.96. The van der Waals surface area contributed by atoms with Crippen molar-refractivity contribution in [3.8, 4) is 5.75 Å². The number of hydrogen-bond donors (Lipinski definition) is 1. The van der Waals surface area contributed by atoms with Gasteiger partial charge >= 0.3 is 0 Å². The predicted molar refractivity (Wildman–Crippen MR) is 201 cm³/mol. The van der Waals surface area contributed by atoms with Gasteiger partial charge < -0.3 is 14.9 Å². The van der Waals surface area contributed by atoms with Crippen LogP contribution in [-0.4, -0.2) is 10.9 Å². The van der Waals surface area contributed by atoms with Gasteiger partial charge in [-0.25, -0.2) is 0 Å². The van der Waals surface area contributed by atoms with E-state index in [0.29, 0.717) is 5.56 Å². The van der Waals surface area contributed by atoms with Gasteiger partial charge in [-0.1, -0.05) is 103 Å². The first-order chi connectivity index (χ1) is 24.1. The van der Waals surface area contributed by atoms with E-state index in [9.17, 15) is 9.90 Å². The summed E-state index contributed by atoms with van der Waals surface area (Å²) in [6.07, 6.45) is 0. The number of carbonyl (C=O) groups is 1. The number of benzene rings is 7. The molecule has 49 heavy (non-hydrogen) atoms. The van der Waals surface area contributed by atoms with Crippen LogP contribution in [0.2, 0.25) is 0 Å². The van der Waals surface area contributed by atoms with Crippen molar-refractivity contribution in [2.45, 2.75) is 12.8 Å².